The Morgan fingerprint density at radius 2 is 2.04 bits per heavy atom. The van der Waals surface area contributed by atoms with Gasteiger partial charge in [0.1, 0.15) is 5.75 Å². The summed E-state index contributed by atoms with van der Waals surface area (Å²) in [5.74, 6) is 1.13. The highest BCUT2D eigenvalue weighted by atomic mass is 16.6. The van der Waals surface area contributed by atoms with Crippen LogP contribution in [-0.4, -0.2) is 23.1 Å². The fourth-order valence-electron chi connectivity index (χ4n) is 5.76. The molecular weight excluding hydrogens is 288 g/mol. The van der Waals surface area contributed by atoms with Crippen LogP contribution in [0.2, 0.25) is 0 Å². The molecule has 0 aromatic heterocycles. The number of hydrogen-bond donors (Lipinski definition) is 2. The normalized spacial score (nSPS) is 39.0. The van der Waals surface area contributed by atoms with Crippen molar-refractivity contribution in [1.29, 1.82) is 0 Å². The molecule has 126 valence electrons. The van der Waals surface area contributed by atoms with Crippen LogP contribution in [0, 0.1) is 11.3 Å². The molecule has 3 nitrogen and oxygen atoms in total. The van der Waals surface area contributed by atoms with Crippen LogP contribution in [0.1, 0.15) is 69.1 Å². The SMILES string of the molecule is CC(C)c1cc2c(cc1O)[C@]13CCC[C@](C)(CO[C@@H]1O)[C@@H]3CC2. The molecule has 4 rings (SSSR count). The number of rotatable bonds is 1. The van der Waals surface area contributed by atoms with E-state index in [1.165, 1.54) is 12.0 Å². The highest BCUT2D eigenvalue weighted by molar-refractivity contribution is 5.49. The largest absolute Gasteiger partial charge is 0.508 e. The number of aromatic hydroxyl groups is 1. The predicted molar refractivity (Wildman–Crippen MR) is 89.6 cm³/mol. The van der Waals surface area contributed by atoms with Crippen molar-refractivity contribution in [2.45, 2.75) is 70.5 Å². The highest BCUT2D eigenvalue weighted by Crippen LogP contribution is 2.62. The van der Waals surface area contributed by atoms with Crippen LogP contribution >= 0.6 is 0 Å². The second-order valence-electron chi connectivity index (χ2n) is 8.53. The van der Waals surface area contributed by atoms with Gasteiger partial charge < -0.3 is 14.9 Å². The Hall–Kier alpha value is -1.06. The van der Waals surface area contributed by atoms with Crippen LogP contribution in [0.25, 0.3) is 0 Å². The monoisotopic (exact) mass is 316 g/mol. The van der Waals surface area contributed by atoms with E-state index in [4.69, 9.17) is 4.74 Å². The molecule has 2 N–H and O–H groups in total. The van der Waals surface area contributed by atoms with E-state index >= 15 is 0 Å². The average molecular weight is 316 g/mol. The lowest BCUT2D eigenvalue weighted by Crippen LogP contribution is -2.62. The number of phenols is 1. The van der Waals surface area contributed by atoms with Crippen molar-refractivity contribution in [1.82, 2.24) is 0 Å². The lowest BCUT2D eigenvalue weighted by Gasteiger charge is -2.61. The molecular formula is C20H28O3. The molecule has 1 aromatic rings. The first-order chi connectivity index (χ1) is 10.9. The summed E-state index contributed by atoms with van der Waals surface area (Å²) in [6.45, 7) is 7.21. The number of aliphatic hydroxyl groups excluding tert-OH is 1. The lowest BCUT2D eigenvalue weighted by molar-refractivity contribution is -0.256. The zero-order chi connectivity index (χ0) is 16.4. The van der Waals surface area contributed by atoms with Gasteiger partial charge in [-0.05, 0) is 65.7 Å². The maximum atomic E-state index is 10.8. The van der Waals surface area contributed by atoms with E-state index in [0.29, 0.717) is 24.2 Å². The van der Waals surface area contributed by atoms with E-state index < -0.39 is 6.29 Å². The first-order valence-corrected chi connectivity index (χ1v) is 9.04. The highest BCUT2D eigenvalue weighted by Gasteiger charge is 2.61. The second kappa shape index (κ2) is 4.97. The van der Waals surface area contributed by atoms with Crippen LogP contribution in [0.15, 0.2) is 12.1 Å². The Bertz CT molecular complexity index is 638. The minimum Gasteiger partial charge on any atom is -0.508 e. The standard InChI is InChI=1S/C20H28O3/c1-12(2)14-9-13-5-6-17-19(3)7-4-8-20(17,18(22)23-11-19)15(13)10-16(14)21/h9-10,12,17-18,21-22H,4-8,11H2,1-3H3/t17-,18-,19+,20-/m0/s1. The van der Waals surface area contributed by atoms with Crippen molar-refractivity contribution >= 4 is 0 Å². The smallest absolute Gasteiger partial charge is 0.164 e. The number of benzene rings is 1. The van der Waals surface area contributed by atoms with Crippen molar-refractivity contribution in [3.8, 4) is 5.75 Å². The van der Waals surface area contributed by atoms with Crippen LogP contribution < -0.4 is 0 Å². The number of hydrogen-bond acceptors (Lipinski definition) is 3. The van der Waals surface area contributed by atoms with E-state index in [9.17, 15) is 10.2 Å². The van der Waals surface area contributed by atoms with Crippen LogP contribution in [0.3, 0.4) is 0 Å². The summed E-state index contributed by atoms with van der Waals surface area (Å²) in [7, 11) is 0. The Balaban J connectivity index is 1.91. The predicted octanol–water partition coefficient (Wildman–Crippen LogP) is 3.85. The number of aryl methyl sites for hydroxylation is 1. The van der Waals surface area contributed by atoms with Crippen LogP contribution in [0.4, 0.5) is 0 Å². The molecule has 3 aliphatic rings. The van der Waals surface area contributed by atoms with Crippen LogP contribution in [0.5, 0.6) is 5.75 Å². The zero-order valence-electron chi connectivity index (χ0n) is 14.4. The van der Waals surface area contributed by atoms with Gasteiger partial charge in [0.25, 0.3) is 0 Å². The molecule has 1 saturated carbocycles. The van der Waals surface area contributed by atoms with Gasteiger partial charge in [-0.3, -0.25) is 0 Å². The minimum absolute atomic E-state index is 0.154. The molecule has 2 fully saturated rings. The maximum absolute atomic E-state index is 10.8. The van der Waals surface area contributed by atoms with Crippen molar-refractivity contribution in [2.75, 3.05) is 6.61 Å². The third kappa shape index (κ3) is 1.96. The Morgan fingerprint density at radius 1 is 1.26 bits per heavy atom. The van der Waals surface area contributed by atoms with Crippen molar-refractivity contribution in [3.05, 3.63) is 28.8 Å². The van der Waals surface area contributed by atoms with Gasteiger partial charge in [0.15, 0.2) is 6.29 Å². The van der Waals surface area contributed by atoms with Gasteiger partial charge in [-0.2, -0.15) is 0 Å². The number of aliphatic hydroxyl groups is 1. The van der Waals surface area contributed by atoms with Gasteiger partial charge in [-0.1, -0.05) is 33.3 Å². The van der Waals surface area contributed by atoms with Gasteiger partial charge in [-0.25, -0.2) is 0 Å². The van der Waals surface area contributed by atoms with Crippen molar-refractivity contribution in [2.24, 2.45) is 11.3 Å². The van der Waals surface area contributed by atoms with Crippen molar-refractivity contribution in [3.63, 3.8) is 0 Å². The summed E-state index contributed by atoms with van der Waals surface area (Å²) >= 11 is 0. The minimum atomic E-state index is -0.746. The summed E-state index contributed by atoms with van der Waals surface area (Å²) in [5, 5.41) is 21.4. The zero-order valence-corrected chi connectivity index (χ0v) is 14.4. The van der Waals surface area contributed by atoms with Gasteiger partial charge in [-0.15, -0.1) is 0 Å². The van der Waals surface area contributed by atoms with Crippen LogP contribution in [-0.2, 0) is 16.6 Å². The van der Waals surface area contributed by atoms with E-state index in [1.54, 1.807) is 0 Å². The van der Waals surface area contributed by atoms with E-state index in [-0.39, 0.29) is 10.8 Å². The molecule has 23 heavy (non-hydrogen) atoms. The van der Waals surface area contributed by atoms with Gasteiger partial charge in [0.2, 0.25) is 0 Å². The van der Waals surface area contributed by atoms with Crippen molar-refractivity contribution < 1.29 is 14.9 Å². The summed E-state index contributed by atoms with van der Waals surface area (Å²) in [4.78, 5) is 0. The van der Waals surface area contributed by atoms with E-state index in [1.807, 2.05) is 6.07 Å². The third-order valence-electron chi connectivity index (χ3n) is 6.89. The quantitative estimate of drug-likeness (QED) is 0.827. The van der Waals surface area contributed by atoms with Gasteiger partial charge >= 0.3 is 0 Å². The molecule has 2 aliphatic carbocycles. The molecule has 2 bridgehead atoms. The van der Waals surface area contributed by atoms with Gasteiger partial charge in [0, 0.05) is 5.41 Å². The third-order valence-corrected chi connectivity index (χ3v) is 6.89. The number of fused-ring (bicyclic) bond motifs is 1. The summed E-state index contributed by atoms with van der Waals surface area (Å²) < 4.78 is 5.86. The molecule has 0 spiro atoms. The lowest BCUT2D eigenvalue weighted by atomic mass is 9.47. The number of phenolic OH excluding ortho intramolecular Hbond substituents is 1. The van der Waals surface area contributed by atoms with E-state index in [2.05, 4.69) is 26.8 Å². The van der Waals surface area contributed by atoms with E-state index in [0.717, 1.165) is 36.8 Å². The number of ether oxygens (including phenoxy) is 1. The molecule has 1 aromatic carbocycles. The topological polar surface area (TPSA) is 49.7 Å². The molecule has 0 amide bonds. The first-order valence-electron chi connectivity index (χ1n) is 9.04. The fraction of sp³-hybridized carbons (Fsp3) is 0.700. The Morgan fingerprint density at radius 3 is 2.78 bits per heavy atom. The molecule has 1 aliphatic heterocycles. The Kier molecular flexibility index (Phi) is 3.34. The molecule has 0 unspecified atom stereocenters. The molecule has 0 radical (unpaired) electrons. The summed E-state index contributed by atoms with van der Waals surface area (Å²) in [6, 6.07) is 4.12. The Labute approximate surface area is 138 Å². The molecule has 4 atom stereocenters. The molecule has 1 heterocycles. The first kappa shape index (κ1) is 15.5. The average Bonchev–Trinajstić information content (AvgIpc) is 2.51. The molecule has 1 saturated heterocycles. The fourth-order valence-corrected chi connectivity index (χ4v) is 5.76. The second-order valence-corrected chi connectivity index (χ2v) is 8.53. The van der Waals surface area contributed by atoms with Gasteiger partial charge in [0.05, 0.1) is 6.61 Å². The summed E-state index contributed by atoms with van der Waals surface area (Å²) in [5.41, 5.74) is 3.29. The summed E-state index contributed by atoms with van der Waals surface area (Å²) in [6.07, 6.45) is 4.68. The molecule has 3 heteroatoms. The maximum Gasteiger partial charge on any atom is 0.164 e.